The van der Waals surface area contributed by atoms with Crippen LogP contribution in [-0.2, 0) is 0 Å². The van der Waals surface area contributed by atoms with Crippen molar-refractivity contribution in [2.45, 2.75) is 56.9 Å². The van der Waals surface area contributed by atoms with Gasteiger partial charge in [-0.15, -0.1) is 10.2 Å². The monoisotopic (exact) mass is 443 g/mol. The highest BCUT2D eigenvalue weighted by Gasteiger charge is 2.29. The summed E-state index contributed by atoms with van der Waals surface area (Å²) >= 11 is 3.27. The number of nitriles is 1. The van der Waals surface area contributed by atoms with E-state index in [9.17, 15) is 0 Å². The van der Waals surface area contributed by atoms with E-state index in [1.165, 1.54) is 56.5 Å². The van der Waals surface area contributed by atoms with Gasteiger partial charge in [-0.25, -0.2) is 4.98 Å². The van der Waals surface area contributed by atoms with Crippen molar-refractivity contribution in [3.05, 3.63) is 16.1 Å². The maximum absolute atomic E-state index is 9.07. The molecular weight excluding hydrogens is 414 g/mol. The number of likely N-dealkylation sites (tertiary alicyclic amines) is 1. The molecule has 0 radical (unpaired) electrons. The molecule has 3 fully saturated rings. The lowest BCUT2D eigenvalue weighted by atomic mass is 9.99. The van der Waals surface area contributed by atoms with Gasteiger partial charge in [-0.05, 0) is 51.6 Å². The molecule has 3 saturated heterocycles. The van der Waals surface area contributed by atoms with Gasteiger partial charge in [0, 0.05) is 38.1 Å². The molecule has 2 aromatic heterocycles. The molecule has 1 atom stereocenters. The van der Waals surface area contributed by atoms with Crippen molar-refractivity contribution in [1.29, 1.82) is 5.26 Å². The van der Waals surface area contributed by atoms with Crippen molar-refractivity contribution in [3.63, 3.8) is 0 Å². The number of hydrogen-bond donors (Lipinski definition) is 0. The second kappa shape index (κ2) is 9.16. The van der Waals surface area contributed by atoms with E-state index in [1.54, 1.807) is 17.5 Å². The van der Waals surface area contributed by atoms with Gasteiger partial charge in [-0.3, -0.25) is 0 Å². The Morgan fingerprint density at radius 3 is 2.47 bits per heavy atom. The van der Waals surface area contributed by atoms with Gasteiger partial charge in [0.05, 0.1) is 6.20 Å². The normalized spacial score (nSPS) is 24.2. The Labute approximate surface area is 186 Å². The molecule has 2 aromatic rings. The zero-order valence-corrected chi connectivity index (χ0v) is 19.0. The summed E-state index contributed by atoms with van der Waals surface area (Å²) in [5.74, 6) is 0.408. The lowest BCUT2D eigenvalue weighted by molar-refractivity contribution is 0.141. The molecule has 3 aliphatic heterocycles. The van der Waals surface area contributed by atoms with Crippen LogP contribution in [-0.4, -0.2) is 65.4 Å². The number of anilines is 2. The summed E-state index contributed by atoms with van der Waals surface area (Å²) in [7, 11) is 0. The Bertz CT molecular complexity index is 874. The number of hydrogen-bond acceptors (Lipinski definition) is 9. The van der Waals surface area contributed by atoms with Crippen LogP contribution in [0.1, 0.15) is 60.7 Å². The van der Waals surface area contributed by atoms with Crippen LogP contribution in [0.4, 0.5) is 10.3 Å². The molecule has 30 heavy (non-hydrogen) atoms. The van der Waals surface area contributed by atoms with E-state index in [0.29, 0.717) is 10.8 Å². The molecule has 3 aliphatic rings. The molecule has 160 valence electrons. The van der Waals surface area contributed by atoms with Crippen LogP contribution in [0.25, 0.3) is 0 Å². The highest BCUT2D eigenvalue weighted by Crippen LogP contribution is 2.35. The third-order valence-corrected chi connectivity index (χ3v) is 8.83. The minimum absolute atomic E-state index is 0.408. The first kappa shape index (κ1) is 20.2. The Hall–Kier alpha value is -1.76. The molecule has 0 amide bonds. The summed E-state index contributed by atoms with van der Waals surface area (Å²) in [4.78, 5) is 12.6. The molecule has 0 saturated carbocycles. The maximum atomic E-state index is 9.07. The SMILES string of the molecule is N#Cc1cnc(N2CCC[C@H](c3nnc(N4CCC(N5CCCCC5)CC4)s3)C2)s1. The molecule has 0 aliphatic carbocycles. The van der Waals surface area contributed by atoms with Crippen LogP contribution in [0, 0.1) is 11.3 Å². The van der Waals surface area contributed by atoms with Crippen molar-refractivity contribution in [2.75, 3.05) is 49.1 Å². The lowest BCUT2D eigenvalue weighted by Crippen LogP contribution is -2.46. The van der Waals surface area contributed by atoms with Gasteiger partial charge in [0.1, 0.15) is 16.0 Å². The van der Waals surface area contributed by atoms with Gasteiger partial charge in [0.15, 0.2) is 5.13 Å². The fourth-order valence-corrected chi connectivity index (χ4v) is 6.81. The standard InChI is InChI=1S/C21H29N7S2/c22-13-18-14-23-20(29-18)28-10-4-5-16(15-28)19-24-25-21(30-19)27-11-6-17(7-12-27)26-8-2-1-3-9-26/h14,16-17H,1-12,15H2/t16-/m0/s1. The third-order valence-electron chi connectivity index (χ3n) is 6.72. The zero-order chi connectivity index (χ0) is 20.3. The van der Waals surface area contributed by atoms with Gasteiger partial charge in [0.2, 0.25) is 5.13 Å². The van der Waals surface area contributed by atoms with Crippen molar-refractivity contribution in [1.82, 2.24) is 20.1 Å². The molecule has 5 heterocycles. The first-order valence-electron chi connectivity index (χ1n) is 11.2. The number of thiazole rings is 1. The van der Waals surface area contributed by atoms with E-state index < -0.39 is 0 Å². The van der Waals surface area contributed by atoms with Gasteiger partial charge in [0.25, 0.3) is 0 Å². The molecule has 0 aromatic carbocycles. The predicted molar refractivity (Wildman–Crippen MR) is 122 cm³/mol. The lowest BCUT2D eigenvalue weighted by Gasteiger charge is -2.40. The minimum atomic E-state index is 0.408. The highest BCUT2D eigenvalue weighted by atomic mass is 32.1. The summed E-state index contributed by atoms with van der Waals surface area (Å²) in [5.41, 5.74) is 0. The molecule has 0 unspecified atom stereocenters. The van der Waals surface area contributed by atoms with Crippen LogP contribution in [0.15, 0.2) is 6.20 Å². The maximum Gasteiger partial charge on any atom is 0.208 e. The van der Waals surface area contributed by atoms with Crippen LogP contribution >= 0.6 is 22.7 Å². The Balaban J connectivity index is 1.19. The molecule has 0 N–H and O–H groups in total. The summed E-state index contributed by atoms with van der Waals surface area (Å²) in [6.45, 7) is 6.71. The van der Waals surface area contributed by atoms with E-state index in [-0.39, 0.29) is 0 Å². The van der Waals surface area contributed by atoms with Gasteiger partial charge < -0.3 is 14.7 Å². The summed E-state index contributed by atoms with van der Waals surface area (Å²) < 4.78 is 0. The van der Waals surface area contributed by atoms with Gasteiger partial charge in [-0.1, -0.05) is 29.1 Å². The number of aromatic nitrogens is 3. The average Bonchev–Trinajstić information content (AvgIpc) is 3.50. The van der Waals surface area contributed by atoms with E-state index in [4.69, 9.17) is 5.26 Å². The van der Waals surface area contributed by atoms with Crippen LogP contribution in [0.5, 0.6) is 0 Å². The fraction of sp³-hybridized carbons (Fsp3) is 0.714. The second-order valence-electron chi connectivity index (χ2n) is 8.64. The average molecular weight is 444 g/mol. The topological polar surface area (TPSA) is 72.2 Å². The van der Waals surface area contributed by atoms with Crippen molar-refractivity contribution < 1.29 is 0 Å². The third kappa shape index (κ3) is 4.32. The van der Waals surface area contributed by atoms with E-state index in [0.717, 1.165) is 60.3 Å². The number of rotatable bonds is 4. The summed E-state index contributed by atoms with van der Waals surface area (Å²) in [5, 5.41) is 21.5. The predicted octanol–water partition coefficient (Wildman–Crippen LogP) is 3.70. The minimum Gasteiger partial charge on any atom is -0.347 e. The Morgan fingerprint density at radius 2 is 1.70 bits per heavy atom. The molecular formula is C21H29N7S2. The molecule has 7 nitrogen and oxygen atoms in total. The van der Waals surface area contributed by atoms with Crippen molar-refractivity contribution in [3.8, 4) is 6.07 Å². The van der Waals surface area contributed by atoms with E-state index in [2.05, 4.69) is 36.0 Å². The number of piperidine rings is 3. The van der Waals surface area contributed by atoms with Gasteiger partial charge in [-0.2, -0.15) is 5.26 Å². The van der Waals surface area contributed by atoms with Crippen LogP contribution in [0.3, 0.4) is 0 Å². The molecule has 5 rings (SSSR count). The Morgan fingerprint density at radius 1 is 0.867 bits per heavy atom. The number of nitrogens with zero attached hydrogens (tertiary/aromatic N) is 7. The summed E-state index contributed by atoms with van der Waals surface area (Å²) in [6.07, 6.45) is 10.6. The smallest absolute Gasteiger partial charge is 0.208 e. The van der Waals surface area contributed by atoms with Gasteiger partial charge >= 0.3 is 0 Å². The molecule has 9 heteroatoms. The summed E-state index contributed by atoms with van der Waals surface area (Å²) in [6, 6.07) is 2.95. The van der Waals surface area contributed by atoms with E-state index in [1.807, 2.05) is 0 Å². The zero-order valence-electron chi connectivity index (χ0n) is 17.4. The molecule has 0 bridgehead atoms. The fourth-order valence-electron chi connectivity index (χ4n) is 5.04. The van der Waals surface area contributed by atoms with Crippen molar-refractivity contribution in [2.24, 2.45) is 0 Å². The first-order valence-corrected chi connectivity index (χ1v) is 12.9. The van der Waals surface area contributed by atoms with E-state index >= 15 is 0 Å². The van der Waals surface area contributed by atoms with Crippen LogP contribution in [0.2, 0.25) is 0 Å². The quantitative estimate of drug-likeness (QED) is 0.713. The first-order chi connectivity index (χ1) is 14.8. The Kier molecular flexibility index (Phi) is 6.16. The molecule has 0 spiro atoms. The van der Waals surface area contributed by atoms with Crippen LogP contribution < -0.4 is 9.80 Å². The van der Waals surface area contributed by atoms with Crippen molar-refractivity contribution >= 4 is 32.9 Å². The largest absolute Gasteiger partial charge is 0.347 e. The second-order valence-corrected chi connectivity index (χ2v) is 10.6. The highest BCUT2D eigenvalue weighted by molar-refractivity contribution is 7.16.